The summed E-state index contributed by atoms with van der Waals surface area (Å²) in [5.41, 5.74) is 0.189. The fraction of sp³-hybridized carbons (Fsp3) is 0.333. The molecule has 0 spiro atoms. The summed E-state index contributed by atoms with van der Waals surface area (Å²) >= 11 is 0. The molecule has 0 bridgehead atoms. The highest BCUT2D eigenvalue weighted by Crippen LogP contribution is 2.32. The predicted octanol–water partition coefficient (Wildman–Crippen LogP) is 0.498. The molecule has 2 aromatic rings. The van der Waals surface area contributed by atoms with Crippen LogP contribution in [0.1, 0.15) is 23.3 Å². The van der Waals surface area contributed by atoms with E-state index < -0.39 is 16.2 Å². The average Bonchev–Trinajstić information content (AvgIpc) is 3.39. The molecule has 1 aliphatic rings. The van der Waals surface area contributed by atoms with Gasteiger partial charge in [-0.05, 0) is 25.0 Å². The first kappa shape index (κ1) is 19.4. The maximum Gasteiger partial charge on any atom is 0.338 e. The SMILES string of the molecule is COc1cc(OC)nc(NC(=O)NS(=O)(=O)Nn2cccc2C(=O)C2CC2)n1. The molecular weight excluding hydrogens is 392 g/mol. The molecule has 2 amide bonds. The minimum Gasteiger partial charge on any atom is -0.481 e. The lowest BCUT2D eigenvalue weighted by Crippen LogP contribution is -2.42. The number of hydrogen-bond donors (Lipinski definition) is 3. The largest absolute Gasteiger partial charge is 0.481 e. The van der Waals surface area contributed by atoms with Crippen molar-refractivity contribution in [1.29, 1.82) is 0 Å². The highest BCUT2D eigenvalue weighted by atomic mass is 32.2. The van der Waals surface area contributed by atoms with E-state index in [4.69, 9.17) is 9.47 Å². The van der Waals surface area contributed by atoms with Gasteiger partial charge in [-0.2, -0.15) is 18.4 Å². The molecule has 150 valence electrons. The Morgan fingerprint density at radius 2 is 1.82 bits per heavy atom. The van der Waals surface area contributed by atoms with Crippen molar-refractivity contribution in [2.75, 3.05) is 24.4 Å². The van der Waals surface area contributed by atoms with Gasteiger partial charge in [-0.25, -0.2) is 19.0 Å². The standard InChI is InChI=1S/C15H18N6O6S/c1-26-11-8-12(27-2)17-14(16-11)18-15(23)19-28(24,25)20-21-7-3-4-10(21)13(22)9-5-6-9/h3-4,7-9,20H,5-6H2,1-2H3,(H2,16,17,18,19,23). The van der Waals surface area contributed by atoms with E-state index in [-0.39, 0.29) is 35.1 Å². The van der Waals surface area contributed by atoms with Gasteiger partial charge in [0.05, 0.1) is 20.3 Å². The number of methoxy groups -OCH3 is 2. The Balaban J connectivity index is 1.67. The van der Waals surface area contributed by atoms with Gasteiger partial charge >= 0.3 is 16.2 Å². The van der Waals surface area contributed by atoms with E-state index in [2.05, 4.69) is 20.1 Å². The number of ketones is 1. The monoisotopic (exact) mass is 410 g/mol. The van der Waals surface area contributed by atoms with Gasteiger partial charge in [0.25, 0.3) is 0 Å². The van der Waals surface area contributed by atoms with E-state index in [1.54, 1.807) is 4.72 Å². The number of nitrogens with one attached hydrogen (secondary N) is 3. The van der Waals surface area contributed by atoms with Crippen LogP contribution < -0.4 is 24.3 Å². The number of amides is 2. The van der Waals surface area contributed by atoms with Gasteiger partial charge in [0.2, 0.25) is 17.7 Å². The number of aromatic nitrogens is 3. The first-order valence-electron chi connectivity index (χ1n) is 8.11. The van der Waals surface area contributed by atoms with Crippen LogP contribution in [0.5, 0.6) is 11.8 Å². The zero-order valence-electron chi connectivity index (χ0n) is 15.0. The molecule has 3 rings (SSSR count). The Morgan fingerprint density at radius 3 is 2.39 bits per heavy atom. The van der Waals surface area contributed by atoms with Crippen molar-refractivity contribution >= 4 is 28.0 Å². The summed E-state index contributed by atoms with van der Waals surface area (Å²) in [6.45, 7) is 0. The number of nitrogens with zero attached hydrogens (tertiary/aromatic N) is 3. The number of rotatable bonds is 8. The topological polar surface area (TPSA) is 154 Å². The van der Waals surface area contributed by atoms with Crippen molar-refractivity contribution in [3.63, 3.8) is 0 Å². The Kier molecular flexibility index (Phi) is 5.35. The summed E-state index contributed by atoms with van der Waals surface area (Å²) in [6.07, 6.45) is 2.92. The number of urea groups is 1. The molecule has 28 heavy (non-hydrogen) atoms. The molecule has 3 N–H and O–H groups in total. The molecule has 12 nitrogen and oxygen atoms in total. The van der Waals surface area contributed by atoms with Crippen molar-refractivity contribution in [2.24, 2.45) is 5.92 Å². The molecular formula is C15H18N6O6S. The number of anilines is 1. The van der Waals surface area contributed by atoms with Crippen LogP contribution in [0.25, 0.3) is 0 Å². The van der Waals surface area contributed by atoms with Crippen LogP contribution in [-0.4, -0.2) is 49.1 Å². The third-order valence-corrected chi connectivity index (χ3v) is 4.61. The average molecular weight is 410 g/mol. The summed E-state index contributed by atoms with van der Waals surface area (Å²) in [6, 6.07) is 3.28. The molecule has 0 saturated heterocycles. The maximum absolute atomic E-state index is 12.2. The number of hydrogen-bond acceptors (Lipinski definition) is 8. The Hall–Kier alpha value is -3.35. The smallest absolute Gasteiger partial charge is 0.338 e. The molecule has 0 unspecified atom stereocenters. The van der Waals surface area contributed by atoms with E-state index in [9.17, 15) is 18.0 Å². The summed E-state index contributed by atoms with van der Waals surface area (Å²) in [5.74, 6) is -0.254. The minimum absolute atomic E-state index is 0.0883. The van der Waals surface area contributed by atoms with Crippen LogP contribution in [0.3, 0.4) is 0 Å². The van der Waals surface area contributed by atoms with E-state index in [1.807, 2.05) is 0 Å². The summed E-state index contributed by atoms with van der Waals surface area (Å²) in [7, 11) is -1.62. The lowest BCUT2D eigenvalue weighted by atomic mass is 10.2. The third-order valence-electron chi connectivity index (χ3n) is 3.72. The van der Waals surface area contributed by atoms with E-state index in [1.165, 1.54) is 38.6 Å². The second-order valence-electron chi connectivity index (χ2n) is 5.83. The van der Waals surface area contributed by atoms with Gasteiger partial charge in [0.15, 0.2) is 5.78 Å². The lowest BCUT2D eigenvalue weighted by molar-refractivity contribution is 0.0960. The molecule has 0 aromatic carbocycles. The third kappa shape index (κ3) is 4.68. The van der Waals surface area contributed by atoms with Crippen LogP contribution in [-0.2, 0) is 10.2 Å². The maximum atomic E-state index is 12.2. The number of Topliss-reactive ketones (excluding diaryl/α,β-unsaturated/α-hetero) is 1. The van der Waals surface area contributed by atoms with E-state index in [0.29, 0.717) is 0 Å². The van der Waals surface area contributed by atoms with Crippen molar-refractivity contribution in [3.8, 4) is 11.8 Å². The van der Waals surface area contributed by atoms with Crippen LogP contribution in [0.15, 0.2) is 24.4 Å². The summed E-state index contributed by atoms with van der Waals surface area (Å²) in [4.78, 5) is 34.0. The van der Waals surface area contributed by atoms with Gasteiger partial charge in [0, 0.05) is 12.1 Å². The fourth-order valence-corrected chi connectivity index (χ4v) is 3.05. The number of carbonyl (C=O) groups excluding carboxylic acids is 2. The second kappa shape index (κ2) is 7.72. The molecule has 1 aliphatic carbocycles. The van der Waals surface area contributed by atoms with Crippen molar-refractivity contribution in [3.05, 3.63) is 30.1 Å². The van der Waals surface area contributed by atoms with Crippen molar-refractivity contribution < 1.29 is 27.5 Å². The van der Waals surface area contributed by atoms with Crippen LogP contribution in [0.4, 0.5) is 10.7 Å². The summed E-state index contributed by atoms with van der Waals surface area (Å²) < 4.78 is 37.1. The first-order valence-corrected chi connectivity index (χ1v) is 9.60. The predicted molar refractivity (Wildman–Crippen MR) is 97.1 cm³/mol. The molecule has 0 radical (unpaired) electrons. The molecule has 1 saturated carbocycles. The zero-order valence-corrected chi connectivity index (χ0v) is 15.8. The Morgan fingerprint density at radius 1 is 1.18 bits per heavy atom. The van der Waals surface area contributed by atoms with Gasteiger partial charge in [-0.1, -0.05) is 0 Å². The van der Waals surface area contributed by atoms with Crippen molar-refractivity contribution in [2.45, 2.75) is 12.8 Å². The molecule has 2 heterocycles. The highest BCUT2D eigenvalue weighted by molar-refractivity contribution is 7.90. The first-order chi connectivity index (χ1) is 13.3. The van der Waals surface area contributed by atoms with Gasteiger partial charge in [-0.15, -0.1) is 0 Å². The van der Waals surface area contributed by atoms with E-state index in [0.717, 1.165) is 17.5 Å². The molecule has 0 aliphatic heterocycles. The van der Waals surface area contributed by atoms with Crippen molar-refractivity contribution in [1.82, 2.24) is 19.4 Å². The fourth-order valence-electron chi connectivity index (χ4n) is 2.29. The van der Waals surface area contributed by atoms with Crippen LogP contribution in [0, 0.1) is 5.92 Å². The number of carbonyl (C=O) groups is 2. The second-order valence-corrected chi connectivity index (χ2v) is 7.22. The molecule has 0 atom stereocenters. The van der Waals surface area contributed by atoms with Crippen LogP contribution >= 0.6 is 0 Å². The van der Waals surface area contributed by atoms with Crippen LogP contribution in [0.2, 0.25) is 0 Å². The van der Waals surface area contributed by atoms with Gasteiger partial charge in [-0.3, -0.25) is 10.1 Å². The highest BCUT2D eigenvalue weighted by Gasteiger charge is 2.32. The molecule has 1 fully saturated rings. The summed E-state index contributed by atoms with van der Waals surface area (Å²) in [5, 5.41) is 2.17. The molecule has 13 heteroatoms. The quantitative estimate of drug-likeness (QED) is 0.532. The Labute approximate surface area is 160 Å². The minimum atomic E-state index is -4.34. The van der Waals surface area contributed by atoms with Gasteiger partial charge < -0.3 is 9.47 Å². The number of ether oxygens (including phenoxy) is 2. The lowest BCUT2D eigenvalue weighted by Gasteiger charge is -2.13. The Bertz CT molecular complexity index is 978. The van der Waals surface area contributed by atoms with E-state index >= 15 is 0 Å². The van der Waals surface area contributed by atoms with Gasteiger partial charge in [0.1, 0.15) is 5.69 Å². The zero-order chi connectivity index (χ0) is 20.3. The normalized spacial score (nSPS) is 13.5. The molecule has 2 aromatic heterocycles.